The van der Waals surface area contributed by atoms with Crippen molar-refractivity contribution in [2.24, 2.45) is 5.14 Å². The number of nitrogens with two attached hydrogens (primary N) is 1. The van der Waals surface area contributed by atoms with E-state index in [0.29, 0.717) is 0 Å². The molecule has 1 heterocycles. The van der Waals surface area contributed by atoms with Crippen LogP contribution in [0.25, 0.3) is 0 Å². The van der Waals surface area contributed by atoms with E-state index in [1.165, 1.54) is 12.4 Å². The van der Waals surface area contributed by atoms with Crippen LogP contribution in [0.5, 0.6) is 0 Å². The van der Waals surface area contributed by atoms with Crippen molar-refractivity contribution >= 4 is 39.2 Å². The molecule has 0 amide bonds. The van der Waals surface area contributed by atoms with Crippen LogP contribution in [-0.4, -0.2) is 14.7 Å². The molecule has 0 saturated carbocycles. The van der Waals surface area contributed by atoms with E-state index >= 15 is 0 Å². The first-order valence-corrected chi connectivity index (χ1v) is 5.39. The number of hydrogen-bond donors (Lipinski definition) is 1. The van der Waals surface area contributed by atoms with Gasteiger partial charge in [-0.1, -0.05) is 11.6 Å². The zero-order chi connectivity index (χ0) is 9.35. The fourth-order valence-corrected chi connectivity index (χ4v) is 2.81. The summed E-state index contributed by atoms with van der Waals surface area (Å²) in [5, 5.41) is 4.79. The summed E-state index contributed by atoms with van der Waals surface area (Å²) in [4.78, 5) is 10.2. The zero-order valence-electron chi connectivity index (χ0n) is 5.57. The lowest BCUT2D eigenvalue weighted by Gasteiger charge is -1.90. The Morgan fingerprint density at radius 1 is 1.58 bits per heavy atom. The van der Waals surface area contributed by atoms with E-state index in [1.807, 2.05) is 0 Å². The molecule has 1 rings (SSSR count). The van der Waals surface area contributed by atoms with Crippen molar-refractivity contribution in [1.29, 1.82) is 0 Å². The number of primary sulfonamides is 1. The topological polar surface area (TPSA) is 77.2 Å². The Morgan fingerprint density at radius 2 is 2.17 bits per heavy atom. The van der Waals surface area contributed by atoms with Crippen LogP contribution in [0.4, 0.5) is 0 Å². The molecular weight excluding hydrogens is 222 g/mol. The van der Waals surface area contributed by atoms with Gasteiger partial charge < -0.3 is 0 Å². The summed E-state index contributed by atoms with van der Waals surface area (Å²) >= 11 is 6.21. The van der Waals surface area contributed by atoms with E-state index in [1.54, 1.807) is 0 Å². The molecule has 0 atom stereocenters. The summed E-state index contributed by atoms with van der Waals surface area (Å²) in [6.07, 6.45) is 1.44. The first-order valence-electron chi connectivity index (χ1n) is 2.65. The molecule has 4 nitrogen and oxygen atoms in total. The molecular formula is C5H3ClNO3S2. The number of sulfonamides is 1. The highest BCUT2D eigenvalue weighted by Crippen LogP contribution is 2.28. The molecule has 0 aliphatic heterocycles. The van der Waals surface area contributed by atoms with Gasteiger partial charge in [-0.3, -0.25) is 4.79 Å². The SMILES string of the molecule is NS(=O)(=O)c1sc(Cl)cc1[C]=O. The molecule has 1 aromatic heterocycles. The van der Waals surface area contributed by atoms with Gasteiger partial charge in [0.25, 0.3) is 0 Å². The van der Waals surface area contributed by atoms with Crippen molar-refractivity contribution in [3.63, 3.8) is 0 Å². The molecule has 1 radical (unpaired) electrons. The van der Waals surface area contributed by atoms with Gasteiger partial charge in [0.15, 0.2) is 0 Å². The molecule has 0 aromatic carbocycles. The maximum atomic E-state index is 10.8. The fourth-order valence-electron chi connectivity index (χ4n) is 0.628. The predicted octanol–water partition coefficient (Wildman–Crippen LogP) is 0.507. The van der Waals surface area contributed by atoms with E-state index in [-0.39, 0.29) is 14.1 Å². The van der Waals surface area contributed by atoms with Gasteiger partial charge in [0.05, 0.1) is 9.90 Å². The lowest BCUT2D eigenvalue weighted by molar-refractivity contribution is 0.561. The largest absolute Gasteiger partial charge is 0.285 e. The molecule has 0 aliphatic carbocycles. The van der Waals surface area contributed by atoms with Crippen molar-refractivity contribution in [3.8, 4) is 0 Å². The number of thiophene rings is 1. The van der Waals surface area contributed by atoms with E-state index in [0.717, 1.165) is 11.3 Å². The number of carbonyl (C=O) groups excluding carboxylic acids is 1. The minimum absolute atomic E-state index is 0.118. The van der Waals surface area contributed by atoms with Gasteiger partial charge in [0, 0.05) is 0 Å². The molecule has 0 aliphatic rings. The van der Waals surface area contributed by atoms with Gasteiger partial charge >= 0.3 is 0 Å². The van der Waals surface area contributed by atoms with E-state index in [2.05, 4.69) is 0 Å². The standard InChI is InChI=1S/C5H3ClNO3S2/c6-4-1-3(2-8)5(11-4)12(7,9)10/h1H,(H2,7,9,10). The zero-order valence-corrected chi connectivity index (χ0v) is 7.96. The monoisotopic (exact) mass is 224 g/mol. The molecule has 65 valence electrons. The lowest BCUT2D eigenvalue weighted by Crippen LogP contribution is -2.11. The number of halogens is 1. The Bertz CT molecular complexity index is 408. The molecule has 0 spiro atoms. The third-order valence-corrected chi connectivity index (χ3v) is 3.78. The summed E-state index contributed by atoms with van der Waals surface area (Å²) in [7, 11) is -3.85. The molecule has 0 unspecified atom stereocenters. The van der Waals surface area contributed by atoms with Crippen LogP contribution in [0, 0.1) is 0 Å². The average molecular weight is 225 g/mol. The Kier molecular flexibility index (Phi) is 2.52. The maximum absolute atomic E-state index is 10.8. The Balaban J connectivity index is 3.42. The van der Waals surface area contributed by atoms with Crippen LogP contribution < -0.4 is 5.14 Å². The Hall–Kier alpha value is -0.430. The predicted molar refractivity (Wildman–Crippen MR) is 45.5 cm³/mol. The molecule has 12 heavy (non-hydrogen) atoms. The van der Waals surface area contributed by atoms with Gasteiger partial charge in [0.1, 0.15) is 4.21 Å². The summed E-state index contributed by atoms with van der Waals surface area (Å²) in [6, 6.07) is 1.21. The van der Waals surface area contributed by atoms with Gasteiger partial charge in [-0.25, -0.2) is 13.6 Å². The third kappa shape index (κ3) is 1.84. The molecule has 0 bridgehead atoms. The van der Waals surface area contributed by atoms with Crippen LogP contribution in [0.15, 0.2) is 10.3 Å². The molecule has 7 heteroatoms. The van der Waals surface area contributed by atoms with Crippen molar-refractivity contribution in [2.75, 3.05) is 0 Å². The van der Waals surface area contributed by atoms with Crippen LogP contribution in [-0.2, 0) is 14.8 Å². The van der Waals surface area contributed by atoms with Crippen LogP contribution in [0.2, 0.25) is 4.34 Å². The third-order valence-electron chi connectivity index (χ3n) is 1.04. The van der Waals surface area contributed by atoms with Crippen LogP contribution in [0.1, 0.15) is 5.56 Å². The van der Waals surface area contributed by atoms with Gasteiger partial charge in [0.2, 0.25) is 16.3 Å². The Morgan fingerprint density at radius 3 is 2.50 bits per heavy atom. The van der Waals surface area contributed by atoms with E-state index in [9.17, 15) is 13.2 Å². The molecule has 0 fully saturated rings. The average Bonchev–Trinajstić information content (AvgIpc) is 2.29. The quantitative estimate of drug-likeness (QED) is 0.795. The number of rotatable bonds is 2. The highest BCUT2D eigenvalue weighted by Gasteiger charge is 2.17. The smallest absolute Gasteiger partial charge is 0.248 e. The van der Waals surface area contributed by atoms with Gasteiger partial charge in [-0.05, 0) is 6.07 Å². The van der Waals surface area contributed by atoms with Gasteiger partial charge in [-0.15, -0.1) is 11.3 Å². The second kappa shape index (κ2) is 3.14. The minimum atomic E-state index is -3.85. The van der Waals surface area contributed by atoms with Crippen molar-refractivity contribution in [2.45, 2.75) is 4.21 Å². The highest BCUT2D eigenvalue weighted by molar-refractivity contribution is 7.91. The fraction of sp³-hybridized carbons (Fsp3) is 0. The summed E-state index contributed by atoms with van der Waals surface area (Å²) in [6.45, 7) is 0. The van der Waals surface area contributed by atoms with E-state index in [4.69, 9.17) is 16.7 Å². The molecule has 2 N–H and O–H groups in total. The normalized spacial score (nSPS) is 11.5. The summed E-state index contributed by atoms with van der Waals surface area (Å²) < 4.78 is 21.5. The lowest BCUT2D eigenvalue weighted by atomic mass is 10.4. The van der Waals surface area contributed by atoms with Crippen LogP contribution >= 0.6 is 22.9 Å². The van der Waals surface area contributed by atoms with Crippen molar-refractivity contribution < 1.29 is 13.2 Å². The van der Waals surface area contributed by atoms with Crippen molar-refractivity contribution in [3.05, 3.63) is 16.0 Å². The van der Waals surface area contributed by atoms with E-state index < -0.39 is 10.0 Å². The Labute approximate surface area is 78.0 Å². The number of hydrogen-bond acceptors (Lipinski definition) is 4. The first kappa shape index (κ1) is 9.66. The van der Waals surface area contributed by atoms with Gasteiger partial charge in [-0.2, -0.15) is 0 Å². The second-order valence-corrected chi connectivity index (χ2v) is 5.34. The van der Waals surface area contributed by atoms with Crippen LogP contribution in [0.3, 0.4) is 0 Å². The second-order valence-electron chi connectivity index (χ2n) is 1.90. The highest BCUT2D eigenvalue weighted by atomic mass is 35.5. The summed E-state index contributed by atoms with van der Waals surface area (Å²) in [5.41, 5.74) is -0.118. The maximum Gasteiger partial charge on any atom is 0.248 e. The first-order chi connectivity index (χ1) is 5.45. The molecule has 1 aromatic rings. The van der Waals surface area contributed by atoms with Crippen molar-refractivity contribution in [1.82, 2.24) is 0 Å². The summed E-state index contributed by atoms with van der Waals surface area (Å²) in [5.74, 6) is 0. The molecule has 0 saturated heterocycles. The minimum Gasteiger partial charge on any atom is -0.285 e.